The summed E-state index contributed by atoms with van der Waals surface area (Å²) in [6, 6.07) is 6.57. The zero-order chi connectivity index (χ0) is 15.3. The Bertz CT molecular complexity index is 457. The third kappa shape index (κ3) is 4.63. The van der Waals surface area contributed by atoms with Gasteiger partial charge in [-0.2, -0.15) is 0 Å². The molecule has 21 heavy (non-hydrogen) atoms. The standard InChI is InChI=1S/C18H29NO2/c1-4-21-17-8-7-16(12-14(17)13-20)19-15-6-5-10-18(2,3)11-9-15/h7-8,12,15,19-20H,4-6,9-11,13H2,1-3H3. The van der Waals surface area contributed by atoms with E-state index in [4.69, 9.17) is 4.74 Å². The molecule has 1 unspecified atom stereocenters. The van der Waals surface area contributed by atoms with Gasteiger partial charge < -0.3 is 15.2 Å². The van der Waals surface area contributed by atoms with Gasteiger partial charge >= 0.3 is 0 Å². The maximum absolute atomic E-state index is 9.48. The first-order valence-corrected chi connectivity index (χ1v) is 8.17. The molecule has 1 aromatic carbocycles. The molecule has 0 radical (unpaired) electrons. The summed E-state index contributed by atoms with van der Waals surface area (Å²) in [6.07, 6.45) is 6.32. The summed E-state index contributed by atoms with van der Waals surface area (Å²) >= 11 is 0. The van der Waals surface area contributed by atoms with Crippen molar-refractivity contribution >= 4 is 5.69 Å². The van der Waals surface area contributed by atoms with Gasteiger partial charge in [0.05, 0.1) is 13.2 Å². The van der Waals surface area contributed by atoms with Gasteiger partial charge in [-0.3, -0.25) is 0 Å². The van der Waals surface area contributed by atoms with E-state index in [9.17, 15) is 5.11 Å². The minimum atomic E-state index is 0.0164. The van der Waals surface area contributed by atoms with Crippen molar-refractivity contribution < 1.29 is 9.84 Å². The van der Waals surface area contributed by atoms with Crippen LogP contribution in [-0.4, -0.2) is 17.8 Å². The molecule has 3 heteroatoms. The lowest BCUT2D eigenvalue weighted by molar-refractivity contribution is 0.267. The Hall–Kier alpha value is -1.22. The van der Waals surface area contributed by atoms with Crippen molar-refractivity contribution in [2.75, 3.05) is 11.9 Å². The third-order valence-electron chi connectivity index (χ3n) is 4.48. The molecule has 0 aliphatic heterocycles. The van der Waals surface area contributed by atoms with E-state index >= 15 is 0 Å². The van der Waals surface area contributed by atoms with Gasteiger partial charge in [0.15, 0.2) is 0 Å². The number of benzene rings is 1. The van der Waals surface area contributed by atoms with Gasteiger partial charge in [-0.25, -0.2) is 0 Å². The van der Waals surface area contributed by atoms with Crippen LogP contribution >= 0.6 is 0 Å². The summed E-state index contributed by atoms with van der Waals surface area (Å²) in [5.74, 6) is 0.785. The second-order valence-corrected chi connectivity index (χ2v) is 6.85. The second kappa shape index (κ2) is 7.17. The quantitative estimate of drug-likeness (QED) is 0.793. The molecule has 0 aromatic heterocycles. The number of anilines is 1. The predicted molar refractivity (Wildman–Crippen MR) is 87.8 cm³/mol. The van der Waals surface area contributed by atoms with Gasteiger partial charge in [-0.15, -0.1) is 0 Å². The van der Waals surface area contributed by atoms with Crippen LogP contribution in [0.5, 0.6) is 5.75 Å². The fourth-order valence-corrected chi connectivity index (χ4v) is 3.13. The number of rotatable bonds is 5. The average Bonchev–Trinajstić information content (AvgIpc) is 2.62. The largest absolute Gasteiger partial charge is 0.494 e. The SMILES string of the molecule is CCOc1ccc(NC2CCCC(C)(C)CC2)cc1CO. The molecule has 1 atom stereocenters. The molecule has 1 aliphatic carbocycles. The Morgan fingerprint density at radius 3 is 2.81 bits per heavy atom. The molecule has 118 valence electrons. The van der Waals surface area contributed by atoms with Crippen molar-refractivity contribution in [2.24, 2.45) is 5.41 Å². The zero-order valence-corrected chi connectivity index (χ0v) is 13.6. The summed E-state index contributed by atoms with van der Waals surface area (Å²) in [4.78, 5) is 0. The first-order valence-electron chi connectivity index (χ1n) is 8.17. The second-order valence-electron chi connectivity index (χ2n) is 6.85. The Labute approximate surface area is 128 Å². The van der Waals surface area contributed by atoms with Crippen molar-refractivity contribution in [1.82, 2.24) is 0 Å². The summed E-state index contributed by atoms with van der Waals surface area (Å²) in [6.45, 7) is 7.34. The third-order valence-corrected chi connectivity index (χ3v) is 4.48. The lowest BCUT2D eigenvalue weighted by atomic mass is 9.85. The molecule has 0 saturated heterocycles. The number of hydrogen-bond donors (Lipinski definition) is 2. The lowest BCUT2D eigenvalue weighted by Crippen LogP contribution is -2.19. The molecule has 1 aliphatic rings. The van der Waals surface area contributed by atoms with Gasteiger partial charge in [0.2, 0.25) is 0 Å². The monoisotopic (exact) mass is 291 g/mol. The minimum Gasteiger partial charge on any atom is -0.494 e. The maximum atomic E-state index is 9.48. The van der Waals surface area contributed by atoms with Crippen LogP contribution in [0.15, 0.2) is 18.2 Å². The Balaban J connectivity index is 2.02. The normalized spacial score (nSPS) is 21.6. The molecule has 1 fully saturated rings. The summed E-state index contributed by atoms with van der Waals surface area (Å²) in [5.41, 5.74) is 2.42. The first-order chi connectivity index (χ1) is 10.0. The van der Waals surface area contributed by atoms with Gasteiger partial charge in [0, 0.05) is 17.3 Å². The van der Waals surface area contributed by atoms with Crippen LogP contribution in [0.3, 0.4) is 0 Å². The molecule has 1 saturated carbocycles. The van der Waals surface area contributed by atoms with Crippen molar-refractivity contribution in [3.63, 3.8) is 0 Å². The maximum Gasteiger partial charge on any atom is 0.124 e. The van der Waals surface area contributed by atoms with Crippen LogP contribution < -0.4 is 10.1 Å². The van der Waals surface area contributed by atoms with Gasteiger partial charge in [-0.1, -0.05) is 20.3 Å². The van der Waals surface area contributed by atoms with Crippen LogP contribution in [0.25, 0.3) is 0 Å². The van der Waals surface area contributed by atoms with E-state index in [0.717, 1.165) is 17.0 Å². The van der Waals surface area contributed by atoms with Crippen LogP contribution in [0.4, 0.5) is 5.69 Å². The van der Waals surface area contributed by atoms with E-state index in [1.165, 1.54) is 32.1 Å². The predicted octanol–water partition coefficient (Wildman–Crippen LogP) is 4.35. The molecule has 0 amide bonds. The van der Waals surface area contributed by atoms with Crippen molar-refractivity contribution in [2.45, 2.75) is 65.5 Å². The minimum absolute atomic E-state index is 0.0164. The highest BCUT2D eigenvalue weighted by molar-refractivity contribution is 5.51. The van der Waals surface area contributed by atoms with E-state index in [1.807, 2.05) is 19.1 Å². The van der Waals surface area contributed by atoms with Gasteiger partial charge in [-0.05, 0) is 56.2 Å². The van der Waals surface area contributed by atoms with E-state index in [-0.39, 0.29) is 6.61 Å². The molecule has 0 bridgehead atoms. The van der Waals surface area contributed by atoms with Gasteiger partial charge in [0.1, 0.15) is 5.75 Å². The van der Waals surface area contributed by atoms with Crippen molar-refractivity contribution in [3.05, 3.63) is 23.8 Å². The molecule has 1 aromatic rings. The van der Waals surface area contributed by atoms with Crippen LogP contribution in [-0.2, 0) is 6.61 Å². The lowest BCUT2D eigenvalue weighted by Gasteiger charge is -2.22. The van der Waals surface area contributed by atoms with E-state index < -0.39 is 0 Å². The number of nitrogens with one attached hydrogen (secondary N) is 1. The number of hydrogen-bond acceptors (Lipinski definition) is 3. The molecular weight excluding hydrogens is 262 g/mol. The first kappa shape index (κ1) is 16.2. The average molecular weight is 291 g/mol. The summed E-state index contributed by atoms with van der Waals surface area (Å²) in [5, 5.41) is 13.1. The molecule has 0 spiro atoms. The summed E-state index contributed by atoms with van der Waals surface area (Å²) in [7, 11) is 0. The fourth-order valence-electron chi connectivity index (χ4n) is 3.13. The Morgan fingerprint density at radius 2 is 2.10 bits per heavy atom. The molecular formula is C18H29NO2. The number of aliphatic hydroxyl groups excluding tert-OH is 1. The van der Waals surface area contributed by atoms with Crippen molar-refractivity contribution in [3.8, 4) is 5.75 Å². The smallest absolute Gasteiger partial charge is 0.124 e. The molecule has 2 N–H and O–H groups in total. The van der Waals surface area contributed by atoms with Crippen LogP contribution in [0.1, 0.15) is 58.4 Å². The molecule has 0 heterocycles. The van der Waals surface area contributed by atoms with E-state index in [2.05, 4.69) is 25.2 Å². The summed E-state index contributed by atoms with van der Waals surface area (Å²) < 4.78 is 5.53. The van der Waals surface area contributed by atoms with Crippen molar-refractivity contribution in [1.29, 1.82) is 0 Å². The number of ether oxygens (including phenoxy) is 1. The highest BCUT2D eigenvalue weighted by Crippen LogP contribution is 2.35. The molecule has 3 nitrogen and oxygen atoms in total. The number of aliphatic hydroxyl groups is 1. The Morgan fingerprint density at radius 1 is 1.29 bits per heavy atom. The van der Waals surface area contributed by atoms with Crippen LogP contribution in [0, 0.1) is 5.41 Å². The fraction of sp³-hybridized carbons (Fsp3) is 0.667. The Kier molecular flexibility index (Phi) is 5.51. The highest BCUT2D eigenvalue weighted by atomic mass is 16.5. The van der Waals surface area contributed by atoms with Crippen LogP contribution in [0.2, 0.25) is 0 Å². The topological polar surface area (TPSA) is 41.5 Å². The highest BCUT2D eigenvalue weighted by Gasteiger charge is 2.24. The van der Waals surface area contributed by atoms with Gasteiger partial charge in [0.25, 0.3) is 0 Å². The van der Waals surface area contributed by atoms with E-state index in [0.29, 0.717) is 18.1 Å². The van der Waals surface area contributed by atoms with E-state index in [1.54, 1.807) is 0 Å². The molecule has 2 rings (SSSR count). The zero-order valence-electron chi connectivity index (χ0n) is 13.6.